The molecule has 0 aromatic heterocycles. The Labute approximate surface area is 117 Å². The van der Waals surface area contributed by atoms with Crippen molar-refractivity contribution < 1.29 is 22.0 Å². The Hall–Kier alpha value is -1.99. The topological polar surface area (TPSA) is 38.0 Å². The van der Waals surface area contributed by atoms with Gasteiger partial charge in [-0.1, -0.05) is 24.3 Å². The van der Waals surface area contributed by atoms with Crippen molar-refractivity contribution in [2.45, 2.75) is 13.0 Å². The molecule has 0 saturated heterocycles. The molecule has 0 amide bonds. The number of hydrazine groups is 1. The summed E-state index contributed by atoms with van der Waals surface area (Å²) in [6.45, 7) is 1.63. The maximum atomic E-state index is 13.8. The summed E-state index contributed by atoms with van der Waals surface area (Å²) in [5.74, 6) is -4.75. The van der Waals surface area contributed by atoms with Crippen LogP contribution in [0.1, 0.15) is 22.7 Å². The molecule has 0 bridgehead atoms. The van der Waals surface area contributed by atoms with Gasteiger partial charge in [-0.05, 0) is 18.1 Å². The molecule has 112 valence electrons. The lowest BCUT2D eigenvalue weighted by atomic mass is 9.94. The van der Waals surface area contributed by atoms with E-state index in [2.05, 4.69) is 5.43 Å². The van der Waals surface area contributed by atoms with Gasteiger partial charge in [-0.25, -0.2) is 27.4 Å². The summed E-state index contributed by atoms with van der Waals surface area (Å²) in [6.07, 6.45) is 0. The third kappa shape index (κ3) is 2.50. The molecule has 2 aromatic carbocycles. The fourth-order valence-corrected chi connectivity index (χ4v) is 2.11. The van der Waals surface area contributed by atoms with Gasteiger partial charge in [-0.2, -0.15) is 0 Å². The average Bonchev–Trinajstić information content (AvgIpc) is 2.48. The molecule has 0 aliphatic rings. The summed E-state index contributed by atoms with van der Waals surface area (Å²) < 4.78 is 67.3. The van der Waals surface area contributed by atoms with Gasteiger partial charge in [0, 0.05) is 0 Å². The zero-order valence-corrected chi connectivity index (χ0v) is 10.9. The smallest absolute Gasteiger partial charge is 0.200 e. The van der Waals surface area contributed by atoms with Crippen molar-refractivity contribution in [3.8, 4) is 0 Å². The van der Waals surface area contributed by atoms with Gasteiger partial charge >= 0.3 is 0 Å². The lowest BCUT2D eigenvalue weighted by Gasteiger charge is -2.20. The van der Waals surface area contributed by atoms with Crippen molar-refractivity contribution in [3.05, 3.63) is 70.0 Å². The highest BCUT2D eigenvalue weighted by molar-refractivity contribution is 5.38. The Balaban J connectivity index is 2.73. The van der Waals surface area contributed by atoms with Crippen molar-refractivity contribution in [1.29, 1.82) is 0 Å². The number of hydrogen-bond acceptors (Lipinski definition) is 2. The number of hydrogen-bond donors (Lipinski definition) is 2. The van der Waals surface area contributed by atoms with Crippen LogP contribution in [-0.4, -0.2) is 0 Å². The monoisotopic (exact) mass is 302 g/mol. The van der Waals surface area contributed by atoms with Gasteiger partial charge in [-0.3, -0.25) is 5.84 Å². The molecule has 21 heavy (non-hydrogen) atoms. The molecule has 1 atom stereocenters. The summed E-state index contributed by atoms with van der Waals surface area (Å²) in [5.41, 5.74) is 1.98. The van der Waals surface area contributed by atoms with E-state index in [9.17, 15) is 22.0 Å². The molecule has 2 rings (SSSR count). The number of nitrogens with one attached hydrogen (secondary N) is 1. The third-order valence-electron chi connectivity index (χ3n) is 3.20. The zero-order chi connectivity index (χ0) is 15.7. The summed E-state index contributed by atoms with van der Waals surface area (Å²) >= 11 is 0. The van der Waals surface area contributed by atoms with Crippen molar-refractivity contribution >= 4 is 0 Å². The maximum Gasteiger partial charge on any atom is 0.200 e. The van der Waals surface area contributed by atoms with Crippen LogP contribution in [0.3, 0.4) is 0 Å². The minimum Gasteiger partial charge on any atom is -0.271 e. The highest BCUT2D eigenvalue weighted by atomic mass is 19.2. The SMILES string of the molecule is Cc1ccccc1C(NN)c1c(F)c(F)c(F)c(F)c1F. The Morgan fingerprint density at radius 1 is 0.857 bits per heavy atom. The van der Waals surface area contributed by atoms with Crippen molar-refractivity contribution in [1.82, 2.24) is 5.43 Å². The van der Waals surface area contributed by atoms with Crippen LogP contribution < -0.4 is 11.3 Å². The van der Waals surface area contributed by atoms with Crippen LogP contribution in [0.4, 0.5) is 22.0 Å². The van der Waals surface area contributed by atoms with Crippen molar-refractivity contribution in [2.75, 3.05) is 0 Å². The Morgan fingerprint density at radius 3 is 1.81 bits per heavy atom. The zero-order valence-electron chi connectivity index (χ0n) is 10.9. The lowest BCUT2D eigenvalue weighted by Crippen LogP contribution is -2.31. The quantitative estimate of drug-likeness (QED) is 0.300. The molecule has 1 unspecified atom stereocenters. The predicted molar refractivity (Wildman–Crippen MR) is 66.6 cm³/mol. The largest absolute Gasteiger partial charge is 0.271 e. The van der Waals surface area contributed by atoms with E-state index in [0.29, 0.717) is 11.1 Å². The molecule has 2 nitrogen and oxygen atoms in total. The summed E-state index contributed by atoms with van der Waals surface area (Å²) in [5, 5.41) is 0. The molecule has 0 radical (unpaired) electrons. The Bertz CT molecular complexity index is 658. The van der Waals surface area contributed by atoms with Gasteiger partial charge in [0.15, 0.2) is 23.3 Å². The van der Waals surface area contributed by atoms with E-state index in [4.69, 9.17) is 5.84 Å². The van der Waals surface area contributed by atoms with Crippen LogP contribution in [-0.2, 0) is 0 Å². The lowest BCUT2D eigenvalue weighted by molar-refractivity contribution is 0.362. The van der Waals surface area contributed by atoms with Gasteiger partial charge in [0.2, 0.25) is 5.82 Å². The minimum atomic E-state index is -2.20. The molecule has 0 aliphatic carbocycles. The van der Waals surface area contributed by atoms with E-state index in [1.165, 1.54) is 6.07 Å². The van der Waals surface area contributed by atoms with Crippen LogP contribution in [0.25, 0.3) is 0 Å². The Morgan fingerprint density at radius 2 is 1.33 bits per heavy atom. The first kappa shape index (κ1) is 15.4. The highest BCUT2D eigenvalue weighted by Crippen LogP contribution is 2.32. The van der Waals surface area contributed by atoms with Gasteiger partial charge < -0.3 is 0 Å². The van der Waals surface area contributed by atoms with E-state index < -0.39 is 40.7 Å². The fraction of sp³-hybridized carbons (Fsp3) is 0.143. The molecule has 0 spiro atoms. The average molecular weight is 302 g/mol. The Kier molecular flexibility index (Phi) is 4.24. The summed E-state index contributed by atoms with van der Waals surface area (Å²) in [6, 6.07) is 4.99. The molecule has 7 heteroatoms. The number of halogens is 5. The third-order valence-corrected chi connectivity index (χ3v) is 3.20. The first-order valence-corrected chi connectivity index (χ1v) is 5.93. The van der Waals surface area contributed by atoms with Crippen LogP contribution in [0, 0.1) is 36.0 Å². The number of benzene rings is 2. The first-order chi connectivity index (χ1) is 9.90. The molecule has 0 aliphatic heterocycles. The van der Waals surface area contributed by atoms with Crippen molar-refractivity contribution in [2.24, 2.45) is 5.84 Å². The summed E-state index contributed by atoms with van der Waals surface area (Å²) in [4.78, 5) is 0. The molecular formula is C14H11F5N2. The molecule has 2 aromatic rings. The first-order valence-electron chi connectivity index (χ1n) is 5.93. The fourth-order valence-electron chi connectivity index (χ4n) is 2.11. The van der Waals surface area contributed by atoms with Gasteiger partial charge in [0.05, 0.1) is 11.6 Å². The second-order valence-electron chi connectivity index (χ2n) is 4.44. The normalized spacial score (nSPS) is 12.5. The van der Waals surface area contributed by atoms with E-state index >= 15 is 0 Å². The van der Waals surface area contributed by atoms with E-state index in [-0.39, 0.29) is 0 Å². The van der Waals surface area contributed by atoms with Gasteiger partial charge in [0.25, 0.3) is 0 Å². The van der Waals surface area contributed by atoms with Gasteiger partial charge in [0.1, 0.15) is 0 Å². The van der Waals surface area contributed by atoms with Crippen molar-refractivity contribution in [3.63, 3.8) is 0 Å². The number of rotatable bonds is 3. The van der Waals surface area contributed by atoms with E-state index in [0.717, 1.165) is 0 Å². The van der Waals surface area contributed by atoms with E-state index in [1.54, 1.807) is 25.1 Å². The second-order valence-corrected chi connectivity index (χ2v) is 4.44. The standard InChI is InChI=1S/C14H11F5N2/c1-6-4-2-3-5-7(6)14(21-20)8-9(15)11(17)13(19)12(18)10(8)16/h2-5,14,21H,20H2,1H3. The molecular weight excluding hydrogens is 291 g/mol. The maximum absolute atomic E-state index is 13.8. The van der Waals surface area contributed by atoms with Gasteiger partial charge in [-0.15, -0.1) is 0 Å². The second kappa shape index (κ2) is 5.79. The molecule has 3 N–H and O–H groups in total. The molecule has 0 fully saturated rings. The van der Waals surface area contributed by atoms with Crippen LogP contribution in [0.2, 0.25) is 0 Å². The molecule has 0 saturated carbocycles. The number of nitrogens with two attached hydrogens (primary N) is 1. The van der Waals surface area contributed by atoms with Crippen LogP contribution >= 0.6 is 0 Å². The predicted octanol–water partition coefficient (Wildman–Crippen LogP) is 3.24. The molecule has 0 heterocycles. The van der Waals surface area contributed by atoms with E-state index in [1.807, 2.05) is 0 Å². The number of aryl methyl sites for hydroxylation is 1. The minimum absolute atomic E-state index is 0.309. The summed E-state index contributed by atoms with van der Waals surface area (Å²) in [7, 11) is 0. The highest BCUT2D eigenvalue weighted by Gasteiger charge is 2.31. The van der Waals surface area contributed by atoms with Crippen LogP contribution in [0.15, 0.2) is 24.3 Å². The van der Waals surface area contributed by atoms with Crippen LogP contribution in [0.5, 0.6) is 0 Å².